The highest BCUT2D eigenvalue weighted by Gasteiger charge is 2.30. The summed E-state index contributed by atoms with van der Waals surface area (Å²) in [7, 11) is 0. The Balaban J connectivity index is 0.00000110. The summed E-state index contributed by atoms with van der Waals surface area (Å²) in [5.41, 5.74) is 7.64. The quantitative estimate of drug-likeness (QED) is 0.935. The summed E-state index contributed by atoms with van der Waals surface area (Å²) in [6, 6.07) is 12.8. The maximum Gasteiger partial charge on any atom is 0.0536 e. The second kappa shape index (κ2) is 8.39. The van der Waals surface area contributed by atoms with Gasteiger partial charge in [-0.2, -0.15) is 5.10 Å². The lowest BCUT2D eigenvalue weighted by Gasteiger charge is -2.16. The van der Waals surface area contributed by atoms with Crippen molar-refractivity contribution < 1.29 is 0 Å². The Labute approximate surface area is 138 Å². The van der Waals surface area contributed by atoms with Crippen LogP contribution in [0.4, 0.5) is 0 Å². The van der Waals surface area contributed by atoms with Crippen LogP contribution in [-0.4, -0.2) is 40.4 Å². The fourth-order valence-electron chi connectivity index (χ4n) is 2.83. The molecule has 2 N–H and O–H groups in total. The van der Waals surface area contributed by atoms with E-state index in [0.29, 0.717) is 5.92 Å². The van der Waals surface area contributed by atoms with Crippen LogP contribution in [0.2, 0.25) is 0 Å². The van der Waals surface area contributed by atoms with E-state index < -0.39 is 0 Å². The number of halogens is 2. The van der Waals surface area contributed by atoms with Crippen molar-refractivity contribution in [1.82, 2.24) is 14.7 Å². The molecule has 1 aliphatic heterocycles. The van der Waals surface area contributed by atoms with Crippen LogP contribution in [-0.2, 0) is 6.54 Å². The van der Waals surface area contributed by atoms with Crippen LogP contribution in [0, 0.1) is 0 Å². The number of rotatable bonds is 4. The fourth-order valence-corrected chi connectivity index (χ4v) is 2.83. The van der Waals surface area contributed by atoms with Gasteiger partial charge in [-0.15, -0.1) is 24.8 Å². The molecule has 0 bridgehead atoms. The van der Waals surface area contributed by atoms with Gasteiger partial charge in [0.15, 0.2) is 0 Å². The molecule has 21 heavy (non-hydrogen) atoms. The van der Waals surface area contributed by atoms with E-state index in [1.54, 1.807) is 0 Å². The SMILES string of the molecule is Cl.Cl.N[C@@H]1CN(CCn2cccn2)C[C@H]1c1ccccc1. The third-order valence-electron chi connectivity index (χ3n) is 3.87. The summed E-state index contributed by atoms with van der Waals surface area (Å²) in [4.78, 5) is 2.43. The molecule has 6 heteroatoms. The molecule has 0 radical (unpaired) electrons. The maximum absolute atomic E-state index is 6.29. The third kappa shape index (κ3) is 4.45. The second-order valence-corrected chi connectivity index (χ2v) is 5.21. The number of nitrogens with zero attached hydrogens (tertiary/aromatic N) is 3. The molecular formula is C15H22Cl2N4. The minimum absolute atomic E-state index is 0. The Hall–Kier alpha value is -1.07. The van der Waals surface area contributed by atoms with Gasteiger partial charge in [-0.05, 0) is 11.6 Å². The van der Waals surface area contributed by atoms with E-state index >= 15 is 0 Å². The summed E-state index contributed by atoms with van der Waals surface area (Å²) >= 11 is 0. The molecule has 116 valence electrons. The van der Waals surface area contributed by atoms with Crippen LogP contribution in [0.15, 0.2) is 48.8 Å². The van der Waals surface area contributed by atoms with E-state index in [0.717, 1.165) is 26.2 Å². The summed E-state index contributed by atoms with van der Waals surface area (Å²) < 4.78 is 1.97. The number of likely N-dealkylation sites (tertiary alicyclic amines) is 1. The average Bonchev–Trinajstić information content (AvgIpc) is 3.07. The molecule has 0 saturated carbocycles. The van der Waals surface area contributed by atoms with Gasteiger partial charge >= 0.3 is 0 Å². The maximum atomic E-state index is 6.29. The van der Waals surface area contributed by atoms with E-state index in [9.17, 15) is 0 Å². The lowest BCUT2D eigenvalue weighted by molar-refractivity contribution is 0.309. The Kier molecular flexibility index (Phi) is 7.18. The van der Waals surface area contributed by atoms with Gasteiger partial charge in [0.2, 0.25) is 0 Å². The van der Waals surface area contributed by atoms with Crippen LogP contribution in [0.1, 0.15) is 11.5 Å². The molecule has 2 heterocycles. The highest BCUT2D eigenvalue weighted by Crippen LogP contribution is 2.25. The summed E-state index contributed by atoms with van der Waals surface area (Å²) in [6.45, 7) is 3.97. The van der Waals surface area contributed by atoms with Crippen LogP contribution in [0.5, 0.6) is 0 Å². The van der Waals surface area contributed by atoms with Gasteiger partial charge in [0.05, 0.1) is 6.54 Å². The molecule has 1 saturated heterocycles. The first-order valence-electron chi connectivity index (χ1n) is 6.83. The van der Waals surface area contributed by atoms with Crippen LogP contribution < -0.4 is 5.73 Å². The zero-order valence-corrected chi connectivity index (χ0v) is 13.5. The molecule has 0 spiro atoms. The normalized spacial score (nSPS) is 21.6. The summed E-state index contributed by atoms with van der Waals surface area (Å²) in [6.07, 6.45) is 3.83. The highest BCUT2D eigenvalue weighted by molar-refractivity contribution is 5.85. The highest BCUT2D eigenvalue weighted by atomic mass is 35.5. The van der Waals surface area contributed by atoms with Gasteiger partial charge in [0.1, 0.15) is 0 Å². The average molecular weight is 329 g/mol. The van der Waals surface area contributed by atoms with E-state index in [2.05, 4.69) is 40.3 Å². The predicted octanol–water partition coefficient (Wildman–Crippen LogP) is 2.15. The van der Waals surface area contributed by atoms with Gasteiger partial charge in [-0.3, -0.25) is 9.58 Å². The first kappa shape index (κ1) is 18.0. The first-order valence-corrected chi connectivity index (χ1v) is 6.83. The second-order valence-electron chi connectivity index (χ2n) is 5.21. The van der Waals surface area contributed by atoms with Crippen LogP contribution in [0.3, 0.4) is 0 Å². The molecule has 1 aromatic carbocycles. The van der Waals surface area contributed by atoms with Crippen LogP contribution in [0.25, 0.3) is 0 Å². The van der Waals surface area contributed by atoms with E-state index in [1.165, 1.54) is 5.56 Å². The first-order chi connectivity index (χ1) is 9.33. The fraction of sp³-hybridized carbons (Fsp3) is 0.400. The zero-order chi connectivity index (χ0) is 13.1. The summed E-state index contributed by atoms with van der Waals surface area (Å²) in [5, 5.41) is 4.23. The molecule has 1 aliphatic rings. The van der Waals surface area contributed by atoms with Crippen molar-refractivity contribution in [2.75, 3.05) is 19.6 Å². The Bertz CT molecular complexity index is 504. The molecule has 2 atom stereocenters. The zero-order valence-electron chi connectivity index (χ0n) is 11.8. The van der Waals surface area contributed by atoms with Crippen molar-refractivity contribution in [3.05, 3.63) is 54.4 Å². The minimum atomic E-state index is 0. The lowest BCUT2D eigenvalue weighted by Crippen LogP contribution is -2.30. The van der Waals surface area contributed by atoms with Crippen molar-refractivity contribution in [3.63, 3.8) is 0 Å². The molecule has 0 amide bonds. The topological polar surface area (TPSA) is 47.1 Å². The molecule has 3 rings (SSSR count). The van der Waals surface area contributed by atoms with E-state index in [-0.39, 0.29) is 30.9 Å². The van der Waals surface area contributed by atoms with Gasteiger partial charge in [0.25, 0.3) is 0 Å². The van der Waals surface area contributed by atoms with Crippen molar-refractivity contribution in [2.45, 2.75) is 18.5 Å². The van der Waals surface area contributed by atoms with Gasteiger partial charge < -0.3 is 5.73 Å². The number of nitrogens with two attached hydrogens (primary N) is 1. The largest absolute Gasteiger partial charge is 0.326 e. The minimum Gasteiger partial charge on any atom is -0.326 e. The van der Waals surface area contributed by atoms with Gasteiger partial charge in [-0.1, -0.05) is 30.3 Å². The third-order valence-corrected chi connectivity index (χ3v) is 3.87. The van der Waals surface area contributed by atoms with Gasteiger partial charge in [0, 0.05) is 44.0 Å². The molecule has 0 unspecified atom stereocenters. The monoisotopic (exact) mass is 328 g/mol. The van der Waals surface area contributed by atoms with E-state index in [1.807, 2.05) is 23.1 Å². The molecular weight excluding hydrogens is 307 g/mol. The molecule has 1 fully saturated rings. The van der Waals surface area contributed by atoms with Crippen molar-refractivity contribution in [1.29, 1.82) is 0 Å². The molecule has 1 aromatic heterocycles. The van der Waals surface area contributed by atoms with Gasteiger partial charge in [-0.25, -0.2) is 0 Å². The predicted molar refractivity (Wildman–Crippen MR) is 90.3 cm³/mol. The smallest absolute Gasteiger partial charge is 0.0536 e. The lowest BCUT2D eigenvalue weighted by atomic mass is 9.95. The van der Waals surface area contributed by atoms with Crippen molar-refractivity contribution in [2.24, 2.45) is 5.73 Å². The molecule has 4 nitrogen and oxygen atoms in total. The number of hydrogen-bond acceptors (Lipinski definition) is 3. The Morgan fingerprint density at radius 2 is 1.81 bits per heavy atom. The Morgan fingerprint density at radius 3 is 2.48 bits per heavy atom. The van der Waals surface area contributed by atoms with E-state index in [4.69, 9.17) is 5.73 Å². The Morgan fingerprint density at radius 1 is 1.05 bits per heavy atom. The molecule has 2 aromatic rings. The standard InChI is InChI=1S/C15H20N4.2ClH/c16-15-12-18(9-10-19-8-4-7-17-19)11-14(15)13-5-2-1-3-6-13;;/h1-8,14-15H,9-12,16H2;2*1H/t14-,15+;;/m0../s1. The van der Waals surface area contributed by atoms with Crippen molar-refractivity contribution in [3.8, 4) is 0 Å². The number of benzene rings is 1. The molecule has 0 aliphatic carbocycles. The van der Waals surface area contributed by atoms with Crippen molar-refractivity contribution >= 4 is 24.8 Å². The van der Waals surface area contributed by atoms with Crippen LogP contribution >= 0.6 is 24.8 Å². The number of hydrogen-bond donors (Lipinski definition) is 1. The number of aromatic nitrogens is 2. The summed E-state index contributed by atoms with van der Waals surface area (Å²) in [5.74, 6) is 0.457.